The molecule has 2 fully saturated rings. The maximum absolute atomic E-state index is 13.0. The highest BCUT2D eigenvalue weighted by atomic mass is 32.2. The number of carbonyl (C=O) groups is 2. The minimum absolute atomic E-state index is 0.0635. The van der Waals surface area contributed by atoms with Crippen LogP contribution in [0.15, 0.2) is 28.6 Å². The van der Waals surface area contributed by atoms with Crippen molar-refractivity contribution in [2.75, 3.05) is 75.0 Å². The zero-order chi connectivity index (χ0) is 22.3. The fourth-order valence-electron chi connectivity index (χ4n) is 3.45. The summed E-state index contributed by atoms with van der Waals surface area (Å²) in [6, 6.07) is 5.68. The number of amides is 2. The first-order valence-electron chi connectivity index (χ1n) is 10.4. The first-order valence-corrected chi connectivity index (χ1v) is 12.2. The number of halogens is 1. The summed E-state index contributed by atoms with van der Waals surface area (Å²) >= 11 is 2.92. The Hall–Kier alpha value is -2.28. The average Bonchev–Trinajstić information content (AvgIpc) is 3.29. The number of morpholine rings is 1. The van der Waals surface area contributed by atoms with Gasteiger partial charge in [0.1, 0.15) is 5.82 Å². The summed E-state index contributed by atoms with van der Waals surface area (Å²) < 4.78 is 19.1. The standard InChI is InChI=1S/C20H25FN6O3S2/c21-15-1-3-16(4-2-15)22-17(28)13-25-5-7-26(8-6-25)18(29)14-31-20-24-23-19(32-20)27-9-11-30-12-10-27/h1-4H,5-14H2,(H,22,28). The molecule has 9 nitrogen and oxygen atoms in total. The van der Waals surface area contributed by atoms with Crippen LogP contribution in [0.25, 0.3) is 0 Å². The van der Waals surface area contributed by atoms with Gasteiger partial charge in [0.05, 0.1) is 25.5 Å². The molecule has 2 aliphatic rings. The largest absolute Gasteiger partial charge is 0.378 e. The summed E-state index contributed by atoms with van der Waals surface area (Å²) in [5.41, 5.74) is 0.565. The fraction of sp³-hybridized carbons (Fsp3) is 0.500. The van der Waals surface area contributed by atoms with Crippen LogP contribution in [0.5, 0.6) is 0 Å². The lowest BCUT2D eigenvalue weighted by Gasteiger charge is -2.34. The van der Waals surface area contributed by atoms with Crippen molar-refractivity contribution in [3.8, 4) is 0 Å². The number of benzene rings is 1. The van der Waals surface area contributed by atoms with E-state index in [4.69, 9.17) is 4.74 Å². The zero-order valence-electron chi connectivity index (χ0n) is 17.5. The molecule has 1 aromatic heterocycles. The summed E-state index contributed by atoms with van der Waals surface area (Å²) in [7, 11) is 0. The minimum Gasteiger partial charge on any atom is -0.378 e. The molecule has 0 atom stereocenters. The van der Waals surface area contributed by atoms with E-state index in [1.54, 1.807) is 0 Å². The van der Waals surface area contributed by atoms with E-state index in [0.717, 1.165) is 22.6 Å². The Labute approximate surface area is 193 Å². The summed E-state index contributed by atoms with van der Waals surface area (Å²) in [5, 5.41) is 12.1. The topological polar surface area (TPSA) is 90.9 Å². The third kappa shape index (κ3) is 6.37. The highest BCUT2D eigenvalue weighted by Gasteiger charge is 2.23. The van der Waals surface area contributed by atoms with Crippen LogP contribution in [-0.2, 0) is 14.3 Å². The van der Waals surface area contributed by atoms with Gasteiger partial charge >= 0.3 is 0 Å². The predicted octanol–water partition coefficient (Wildman–Crippen LogP) is 1.39. The molecule has 4 rings (SSSR count). The second-order valence-corrected chi connectivity index (χ2v) is 9.63. The van der Waals surface area contributed by atoms with Crippen LogP contribution in [0.2, 0.25) is 0 Å². The third-order valence-corrected chi connectivity index (χ3v) is 7.32. The molecule has 1 N–H and O–H groups in total. The van der Waals surface area contributed by atoms with E-state index in [2.05, 4.69) is 20.4 Å². The zero-order valence-corrected chi connectivity index (χ0v) is 19.2. The van der Waals surface area contributed by atoms with Crippen LogP contribution in [0.3, 0.4) is 0 Å². The van der Waals surface area contributed by atoms with Crippen LogP contribution in [0.4, 0.5) is 15.2 Å². The molecule has 0 aliphatic carbocycles. The number of thioether (sulfide) groups is 1. The Morgan fingerprint density at radius 3 is 2.50 bits per heavy atom. The predicted molar refractivity (Wildman–Crippen MR) is 122 cm³/mol. The van der Waals surface area contributed by atoms with Crippen molar-refractivity contribution in [3.05, 3.63) is 30.1 Å². The lowest BCUT2D eigenvalue weighted by atomic mass is 10.3. The van der Waals surface area contributed by atoms with E-state index >= 15 is 0 Å². The molecule has 0 spiro atoms. The van der Waals surface area contributed by atoms with Gasteiger partial charge in [0.25, 0.3) is 0 Å². The van der Waals surface area contributed by atoms with E-state index in [9.17, 15) is 14.0 Å². The van der Waals surface area contributed by atoms with Crippen molar-refractivity contribution in [2.45, 2.75) is 4.34 Å². The molecule has 3 heterocycles. The SMILES string of the molecule is O=C(CN1CCN(C(=O)CSc2nnc(N3CCOCC3)s2)CC1)Nc1ccc(F)cc1. The highest BCUT2D eigenvalue weighted by Crippen LogP contribution is 2.28. The number of nitrogens with zero attached hydrogens (tertiary/aromatic N) is 5. The Morgan fingerprint density at radius 1 is 1.06 bits per heavy atom. The molecule has 0 bridgehead atoms. The van der Waals surface area contributed by atoms with Crippen molar-refractivity contribution < 1.29 is 18.7 Å². The number of hydrogen-bond acceptors (Lipinski definition) is 9. The number of ether oxygens (including phenoxy) is 1. The van der Waals surface area contributed by atoms with Gasteiger partial charge in [-0.05, 0) is 24.3 Å². The smallest absolute Gasteiger partial charge is 0.238 e. The Morgan fingerprint density at radius 2 is 1.78 bits per heavy atom. The molecule has 0 saturated carbocycles. The van der Waals surface area contributed by atoms with Crippen molar-refractivity contribution in [2.24, 2.45) is 0 Å². The third-order valence-electron chi connectivity index (χ3n) is 5.22. The highest BCUT2D eigenvalue weighted by molar-refractivity contribution is 8.01. The molecule has 12 heteroatoms. The van der Waals surface area contributed by atoms with Gasteiger partial charge in [0.2, 0.25) is 16.9 Å². The second kappa shape index (κ2) is 11.0. The molecule has 32 heavy (non-hydrogen) atoms. The molecular formula is C20H25FN6O3S2. The van der Waals surface area contributed by atoms with Gasteiger partial charge in [-0.3, -0.25) is 14.5 Å². The van der Waals surface area contributed by atoms with Gasteiger partial charge in [0.15, 0.2) is 4.34 Å². The van der Waals surface area contributed by atoms with Gasteiger partial charge in [-0.15, -0.1) is 10.2 Å². The molecule has 0 unspecified atom stereocenters. The number of anilines is 2. The normalized spacial score (nSPS) is 17.4. The Kier molecular flexibility index (Phi) is 7.90. The van der Waals surface area contributed by atoms with Crippen LogP contribution >= 0.6 is 23.1 Å². The molecule has 2 amide bonds. The molecule has 1 aromatic carbocycles. The first kappa shape index (κ1) is 22.9. The molecule has 2 saturated heterocycles. The number of carbonyl (C=O) groups excluding carboxylic acids is 2. The average molecular weight is 481 g/mol. The quantitative estimate of drug-likeness (QED) is 0.595. The molecular weight excluding hydrogens is 455 g/mol. The van der Waals surface area contributed by atoms with Gasteiger partial charge < -0.3 is 19.9 Å². The number of piperazine rings is 1. The minimum atomic E-state index is -0.342. The van der Waals surface area contributed by atoms with E-state index in [-0.39, 0.29) is 24.2 Å². The Bertz CT molecular complexity index is 914. The van der Waals surface area contributed by atoms with Gasteiger partial charge in [-0.1, -0.05) is 23.1 Å². The van der Waals surface area contributed by atoms with E-state index in [1.165, 1.54) is 47.4 Å². The van der Waals surface area contributed by atoms with Crippen molar-refractivity contribution in [1.29, 1.82) is 0 Å². The first-order chi connectivity index (χ1) is 15.6. The van der Waals surface area contributed by atoms with Crippen molar-refractivity contribution >= 4 is 45.7 Å². The number of rotatable bonds is 7. The summed E-state index contributed by atoms with van der Waals surface area (Å²) in [6.07, 6.45) is 0. The Balaban J connectivity index is 1.16. The van der Waals surface area contributed by atoms with Crippen molar-refractivity contribution in [1.82, 2.24) is 20.0 Å². The van der Waals surface area contributed by atoms with Crippen molar-refractivity contribution in [3.63, 3.8) is 0 Å². The van der Waals surface area contributed by atoms with E-state index in [0.29, 0.717) is 50.8 Å². The number of nitrogens with one attached hydrogen (secondary N) is 1. The van der Waals surface area contributed by atoms with Gasteiger partial charge in [-0.25, -0.2) is 4.39 Å². The van der Waals surface area contributed by atoms with Crippen LogP contribution in [0.1, 0.15) is 0 Å². The summed E-state index contributed by atoms with van der Waals surface area (Å²) in [4.78, 5) is 30.8. The van der Waals surface area contributed by atoms with Crippen LogP contribution < -0.4 is 10.2 Å². The summed E-state index contributed by atoms with van der Waals surface area (Å²) in [5.74, 6) is -0.110. The molecule has 0 radical (unpaired) electrons. The van der Waals surface area contributed by atoms with Crippen LogP contribution in [0, 0.1) is 5.82 Å². The second-order valence-electron chi connectivity index (χ2n) is 7.45. The monoisotopic (exact) mass is 480 g/mol. The molecule has 2 aromatic rings. The fourth-order valence-corrected chi connectivity index (χ4v) is 5.25. The molecule has 2 aliphatic heterocycles. The van der Waals surface area contributed by atoms with E-state index in [1.807, 2.05) is 9.80 Å². The number of hydrogen-bond donors (Lipinski definition) is 1. The maximum atomic E-state index is 13.0. The van der Waals surface area contributed by atoms with Crippen LogP contribution in [-0.4, -0.2) is 96.6 Å². The van der Waals surface area contributed by atoms with Gasteiger partial charge in [-0.2, -0.15) is 0 Å². The molecule has 172 valence electrons. The van der Waals surface area contributed by atoms with E-state index < -0.39 is 0 Å². The maximum Gasteiger partial charge on any atom is 0.238 e. The van der Waals surface area contributed by atoms with Gasteiger partial charge in [0, 0.05) is 45.0 Å². The number of aromatic nitrogens is 2. The summed E-state index contributed by atoms with van der Waals surface area (Å²) in [6.45, 7) is 5.68. The lowest BCUT2D eigenvalue weighted by Crippen LogP contribution is -2.50. The lowest BCUT2D eigenvalue weighted by molar-refractivity contribution is -0.130.